The molecule has 0 atom stereocenters. The number of thiazole rings is 1. The summed E-state index contributed by atoms with van der Waals surface area (Å²) < 4.78 is 3.25. The number of benzene rings is 2. The van der Waals surface area contributed by atoms with Gasteiger partial charge in [0.1, 0.15) is 0 Å². The minimum Gasteiger partial charge on any atom is -0.331 e. The van der Waals surface area contributed by atoms with E-state index in [-0.39, 0.29) is 0 Å². The molecule has 0 saturated heterocycles. The molecule has 2 nitrogen and oxygen atoms in total. The van der Waals surface area contributed by atoms with Crippen molar-refractivity contribution in [2.45, 2.75) is 6.92 Å². The van der Waals surface area contributed by atoms with Crippen molar-refractivity contribution in [2.24, 2.45) is 0 Å². The highest BCUT2D eigenvalue weighted by atomic mass is 79.9. The van der Waals surface area contributed by atoms with Gasteiger partial charge in [-0.2, -0.15) is 0 Å². The molecule has 0 bridgehead atoms. The van der Waals surface area contributed by atoms with Crippen LogP contribution in [0.2, 0.25) is 0 Å². The molecule has 0 unspecified atom stereocenters. The third-order valence-electron chi connectivity index (χ3n) is 2.72. The van der Waals surface area contributed by atoms with Crippen LogP contribution in [0.5, 0.6) is 0 Å². The van der Waals surface area contributed by atoms with Crippen LogP contribution in [0.15, 0.2) is 45.3 Å². The number of fused-ring (bicyclic) bond motifs is 1. The second-order valence-electron chi connectivity index (χ2n) is 4.24. The Morgan fingerprint density at radius 3 is 2.74 bits per heavy atom. The highest BCUT2D eigenvalue weighted by Crippen LogP contribution is 2.32. The number of hydrogen-bond acceptors (Lipinski definition) is 3. The Morgan fingerprint density at radius 2 is 1.95 bits per heavy atom. The summed E-state index contributed by atoms with van der Waals surface area (Å²) in [7, 11) is 0. The second-order valence-corrected chi connectivity index (χ2v) is 7.04. The Kier molecular flexibility index (Phi) is 3.60. The van der Waals surface area contributed by atoms with Gasteiger partial charge in [-0.3, -0.25) is 0 Å². The molecule has 2 aromatic carbocycles. The molecule has 3 rings (SSSR count). The first-order valence-corrected chi connectivity index (χ1v) is 8.11. The molecule has 0 spiro atoms. The summed E-state index contributed by atoms with van der Waals surface area (Å²) in [6, 6.07) is 12.4. The fourth-order valence-corrected chi connectivity index (χ4v) is 3.80. The van der Waals surface area contributed by atoms with E-state index in [0.717, 1.165) is 25.3 Å². The Labute approximate surface area is 132 Å². The molecule has 0 aliphatic heterocycles. The summed E-state index contributed by atoms with van der Waals surface area (Å²) in [6.45, 7) is 2.08. The predicted molar refractivity (Wildman–Crippen MR) is 89.5 cm³/mol. The van der Waals surface area contributed by atoms with Gasteiger partial charge in [0.05, 0.1) is 15.9 Å². The van der Waals surface area contributed by atoms with E-state index in [2.05, 4.69) is 67.3 Å². The van der Waals surface area contributed by atoms with Crippen LogP contribution in [0.25, 0.3) is 10.2 Å². The monoisotopic (exact) mass is 396 g/mol. The predicted octanol–water partition coefficient (Wildman–Crippen LogP) is 5.87. The summed E-state index contributed by atoms with van der Waals surface area (Å²) in [5.41, 5.74) is 3.29. The molecule has 0 fully saturated rings. The molecular weight excluding hydrogens is 388 g/mol. The number of nitrogens with zero attached hydrogens (tertiary/aromatic N) is 1. The number of halogens is 2. The first kappa shape index (κ1) is 13.1. The topological polar surface area (TPSA) is 24.9 Å². The second kappa shape index (κ2) is 5.23. The minimum atomic E-state index is 0.906. The van der Waals surface area contributed by atoms with E-state index in [1.54, 1.807) is 11.3 Å². The van der Waals surface area contributed by atoms with Gasteiger partial charge in [-0.05, 0) is 58.7 Å². The third kappa shape index (κ3) is 2.83. The smallest absolute Gasteiger partial charge is 0.188 e. The molecule has 0 radical (unpaired) electrons. The van der Waals surface area contributed by atoms with Crippen LogP contribution in [0.4, 0.5) is 10.8 Å². The van der Waals surface area contributed by atoms with Crippen molar-refractivity contribution in [1.82, 2.24) is 4.98 Å². The number of aryl methyl sites for hydroxylation is 1. The molecule has 96 valence electrons. The van der Waals surface area contributed by atoms with Gasteiger partial charge >= 0.3 is 0 Å². The number of anilines is 2. The molecule has 3 aromatic rings. The van der Waals surface area contributed by atoms with Crippen molar-refractivity contribution < 1.29 is 0 Å². The zero-order valence-corrected chi connectivity index (χ0v) is 14.1. The molecule has 0 aliphatic carbocycles. The molecule has 19 heavy (non-hydrogen) atoms. The Morgan fingerprint density at radius 1 is 1.11 bits per heavy atom. The van der Waals surface area contributed by atoms with E-state index >= 15 is 0 Å². The summed E-state index contributed by atoms with van der Waals surface area (Å²) in [5, 5.41) is 4.25. The third-order valence-corrected chi connectivity index (χ3v) is 4.82. The van der Waals surface area contributed by atoms with E-state index < -0.39 is 0 Å². The lowest BCUT2D eigenvalue weighted by molar-refractivity contribution is 1.41. The van der Waals surface area contributed by atoms with Gasteiger partial charge in [0.2, 0.25) is 0 Å². The van der Waals surface area contributed by atoms with Crippen LogP contribution in [0.1, 0.15) is 5.56 Å². The van der Waals surface area contributed by atoms with Crippen molar-refractivity contribution >= 4 is 64.2 Å². The maximum atomic E-state index is 4.61. The van der Waals surface area contributed by atoms with Crippen LogP contribution in [-0.2, 0) is 0 Å². The largest absolute Gasteiger partial charge is 0.331 e. The fraction of sp³-hybridized carbons (Fsp3) is 0.0714. The summed E-state index contributed by atoms with van der Waals surface area (Å²) in [4.78, 5) is 4.61. The van der Waals surface area contributed by atoms with Crippen LogP contribution in [0, 0.1) is 6.92 Å². The van der Waals surface area contributed by atoms with E-state index in [1.807, 2.05) is 18.2 Å². The quantitative estimate of drug-likeness (QED) is 0.584. The highest BCUT2D eigenvalue weighted by Gasteiger charge is 2.06. The number of rotatable bonds is 2. The Hall–Kier alpha value is -0.910. The summed E-state index contributed by atoms with van der Waals surface area (Å²) >= 11 is 8.65. The highest BCUT2D eigenvalue weighted by molar-refractivity contribution is 9.11. The summed E-state index contributed by atoms with van der Waals surface area (Å²) in [5.74, 6) is 0. The standard InChI is InChI=1S/C14H10Br2N2S/c1-8-2-5-13-12(6-8)18-14(19-13)17-11-4-3-9(15)7-10(11)16/h2-7H,1H3,(H,17,18). The lowest BCUT2D eigenvalue weighted by Crippen LogP contribution is -1.90. The van der Waals surface area contributed by atoms with E-state index in [9.17, 15) is 0 Å². The molecule has 1 N–H and O–H groups in total. The van der Waals surface area contributed by atoms with E-state index in [1.165, 1.54) is 10.3 Å². The van der Waals surface area contributed by atoms with Gasteiger partial charge in [-0.15, -0.1) is 0 Å². The van der Waals surface area contributed by atoms with E-state index in [0.29, 0.717) is 0 Å². The minimum absolute atomic E-state index is 0.906. The maximum Gasteiger partial charge on any atom is 0.188 e. The normalized spacial score (nSPS) is 10.9. The Bertz CT molecular complexity index is 752. The molecule has 1 aromatic heterocycles. The van der Waals surface area contributed by atoms with Gasteiger partial charge < -0.3 is 5.32 Å². The first-order chi connectivity index (χ1) is 9.11. The first-order valence-electron chi connectivity index (χ1n) is 5.71. The van der Waals surface area contributed by atoms with Gasteiger partial charge in [0.15, 0.2) is 5.13 Å². The molecule has 1 heterocycles. The number of hydrogen-bond donors (Lipinski definition) is 1. The van der Waals surface area contributed by atoms with Crippen LogP contribution < -0.4 is 5.32 Å². The van der Waals surface area contributed by atoms with Crippen LogP contribution >= 0.6 is 43.2 Å². The van der Waals surface area contributed by atoms with Gasteiger partial charge in [0, 0.05) is 8.95 Å². The average molecular weight is 398 g/mol. The van der Waals surface area contributed by atoms with Gasteiger partial charge in [-0.25, -0.2) is 4.98 Å². The van der Waals surface area contributed by atoms with Gasteiger partial charge in [-0.1, -0.05) is 33.3 Å². The SMILES string of the molecule is Cc1ccc2sc(Nc3ccc(Br)cc3Br)nc2c1. The van der Waals surface area contributed by atoms with Crippen molar-refractivity contribution in [1.29, 1.82) is 0 Å². The van der Waals surface area contributed by atoms with Crippen molar-refractivity contribution in [2.75, 3.05) is 5.32 Å². The number of aromatic nitrogens is 1. The molecule has 5 heteroatoms. The maximum absolute atomic E-state index is 4.61. The molecule has 0 amide bonds. The molecular formula is C14H10Br2N2S. The Balaban J connectivity index is 1.96. The van der Waals surface area contributed by atoms with Crippen LogP contribution in [-0.4, -0.2) is 4.98 Å². The lowest BCUT2D eigenvalue weighted by Gasteiger charge is -2.05. The zero-order chi connectivity index (χ0) is 13.4. The van der Waals surface area contributed by atoms with Crippen LogP contribution in [0.3, 0.4) is 0 Å². The summed E-state index contributed by atoms with van der Waals surface area (Å²) in [6.07, 6.45) is 0. The fourth-order valence-electron chi connectivity index (χ4n) is 1.80. The van der Waals surface area contributed by atoms with E-state index in [4.69, 9.17) is 0 Å². The number of nitrogens with one attached hydrogen (secondary N) is 1. The lowest BCUT2D eigenvalue weighted by atomic mass is 10.2. The van der Waals surface area contributed by atoms with Gasteiger partial charge in [0.25, 0.3) is 0 Å². The molecule has 0 saturated carbocycles. The molecule has 0 aliphatic rings. The van der Waals surface area contributed by atoms with Crippen molar-refractivity contribution in [3.63, 3.8) is 0 Å². The zero-order valence-electron chi connectivity index (χ0n) is 10.1. The van der Waals surface area contributed by atoms with Crippen molar-refractivity contribution in [3.8, 4) is 0 Å². The van der Waals surface area contributed by atoms with Crippen molar-refractivity contribution in [3.05, 3.63) is 50.9 Å². The average Bonchev–Trinajstić information content (AvgIpc) is 2.74.